The lowest BCUT2D eigenvalue weighted by atomic mass is 10.2. The molecule has 7 nitrogen and oxygen atoms in total. The van der Waals surface area contributed by atoms with E-state index >= 15 is 0 Å². The van der Waals surface area contributed by atoms with Crippen LogP contribution < -0.4 is 14.8 Å². The fourth-order valence-corrected chi connectivity index (χ4v) is 1.66. The van der Waals surface area contributed by atoms with Gasteiger partial charge in [0.15, 0.2) is 11.5 Å². The van der Waals surface area contributed by atoms with Crippen molar-refractivity contribution in [1.29, 1.82) is 0 Å². The maximum absolute atomic E-state index is 12.1. The van der Waals surface area contributed by atoms with Crippen molar-refractivity contribution in [2.75, 3.05) is 19.0 Å². The summed E-state index contributed by atoms with van der Waals surface area (Å²) in [5.41, 5.74) is 0.438. The largest absolute Gasteiger partial charge is 0.493 e. The number of carbonyl (C=O) groups is 1. The third-order valence-corrected chi connectivity index (χ3v) is 2.55. The quantitative estimate of drug-likeness (QED) is 0.868. The van der Waals surface area contributed by atoms with E-state index in [4.69, 9.17) is 9.47 Å². The molecule has 2 N–H and O–H groups in total. The molecule has 0 unspecified atom stereocenters. The van der Waals surface area contributed by atoms with Gasteiger partial charge in [0.25, 0.3) is 5.91 Å². The maximum atomic E-state index is 12.1. The first kappa shape index (κ1) is 13.9. The van der Waals surface area contributed by atoms with Crippen LogP contribution >= 0.6 is 0 Å². The highest BCUT2D eigenvalue weighted by Gasteiger charge is 2.12. The molecule has 106 valence electrons. The molecule has 0 saturated heterocycles. The molecule has 0 spiro atoms. The number of amides is 1. The van der Waals surface area contributed by atoms with Crippen LogP contribution in [0, 0.1) is 6.92 Å². The number of nitrogens with zero attached hydrogens (tertiary/aromatic N) is 2. The lowest BCUT2D eigenvalue weighted by Gasteiger charge is -2.10. The maximum Gasteiger partial charge on any atom is 0.258 e. The van der Waals surface area contributed by atoms with E-state index in [0.29, 0.717) is 29.5 Å². The molecule has 0 aliphatic carbocycles. The number of benzene rings is 1. The Kier molecular flexibility index (Phi) is 4.19. The first-order chi connectivity index (χ1) is 9.63. The molecule has 1 aromatic carbocycles. The van der Waals surface area contributed by atoms with Crippen LogP contribution in [0.4, 0.5) is 5.95 Å². The van der Waals surface area contributed by atoms with E-state index in [9.17, 15) is 4.79 Å². The van der Waals surface area contributed by atoms with Crippen molar-refractivity contribution in [3.05, 3.63) is 29.6 Å². The molecule has 0 saturated carbocycles. The summed E-state index contributed by atoms with van der Waals surface area (Å²) in [4.78, 5) is 16.1. The number of methoxy groups -OCH3 is 1. The van der Waals surface area contributed by atoms with Gasteiger partial charge in [-0.2, -0.15) is 4.98 Å². The van der Waals surface area contributed by atoms with Gasteiger partial charge in [-0.25, -0.2) is 0 Å². The Morgan fingerprint density at radius 2 is 2.20 bits per heavy atom. The minimum atomic E-state index is -0.314. The Balaban J connectivity index is 2.17. The second kappa shape index (κ2) is 6.05. The van der Waals surface area contributed by atoms with Crippen LogP contribution in [0.3, 0.4) is 0 Å². The van der Waals surface area contributed by atoms with Gasteiger partial charge in [0.05, 0.1) is 13.7 Å². The number of anilines is 1. The first-order valence-electron chi connectivity index (χ1n) is 6.15. The van der Waals surface area contributed by atoms with Gasteiger partial charge < -0.3 is 9.47 Å². The van der Waals surface area contributed by atoms with Gasteiger partial charge in [-0.1, -0.05) is 0 Å². The standard InChI is InChI=1S/C13H16N4O3/c1-4-20-10-6-5-9(7-11(10)19-3)12(18)15-13-14-8(2)16-17-13/h5-7H,4H2,1-3H3,(H2,14,15,16,17,18). The van der Waals surface area contributed by atoms with Crippen LogP contribution in [-0.4, -0.2) is 34.8 Å². The van der Waals surface area contributed by atoms with Crippen molar-refractivity contribution in [3.63, 3.8) is 0 Å². The topological polar surface area (TPSA) is 89.1 Å². The Hall–Kier alpha value is -2.57. The summed E-state index contributed by atoms with van der Waals surface area (Å²) in [6.45, 7) is 4.16. The molecule has 0 aliphatic heterocycles. The second-order valence-electron chi connectivity index (χ2n) is 4.00. The number of aromatic nitrogens is 3. The van der Waals surface area contributed by atoms with Gasteiger partial charge >= 0.3 is 0 Å². The molecule has 7 heteroatoms. The molecular formula is C13H16N4O3. The van der Waals surface area contributed by atoms with Crippen LogP contribution in [0.5, 0.6) is 11.5 Å². The van der Waals surface area contributed by atoms with Gasteiger partial charge in [-0.3, -0.25) is 15.2 Å². The predicted octanol–water partition coefficient (Wildman–Crippen LogP) is 1.77. The summed E-state index contributed by atoms with van der Waals surface area (Å²) in [5, 5.41) is 9.09. The molecule has 0 aliphatic rings. The van der Waals surface area contributed by atoms with E-state index in [1.165, 1.54) is 7.11 Å². The number of aromatic amines is 1. The molecular weight excluding hydrogens is 260 g/mol. The van der Waals surface area contributed by atoms with Crippen LogP contribution in [0.15, 0.2) is 18.2 Å². The number of aryl methyl sites for hydroxylation is 1. The van der Waals surface area contributed by atoms with Crippen molar-refractivity contribution >= 4 is 11.9 Å². The molecule has 0 fully saturated rings. The van der Waals surface area contributed by atoms with Crippen molar-refractivity contribution in [3.8, 4) is 11.5 Å². The van der Waals surface area contributed by atoms with Crippen molar-refractivity contribution in [2.45, 2.75) is 13.8 Å². The zero-order valence-corrected chi connectivity index (χ0v) is 11.6. The van der Waals surface area contributed by atoms with Crippen molar-refractivity contribution < 1.29 is 14.3 Å². The fourth-order valence-electron chi connectivity index (χ4n) is 1.66. The number of hydrogen-bond donors (Lipinski definition) is 2. The Labute approximate surface area is 116 Å². The van der Waals surface area contributed by atoms with Crippen molar-refractivity contribution in [1.82, 2.24) is 15.2 Å². The SMILES string of the molecule is CCOc1ccc(C(=O)Nc2n[nH]c(C)n2)cc1OC. The summed E-state index contributed by atoms with van der Waals surface area (Å²) in [6.07, 6.45) is 0. The van der Waals surface area contributed by atoms with E-state index < -0.39 is 0 Å². The molecule has 0 bridgehead atoms. The lowest BCUT2D eigenvalue weighted by molar-refractivity contribution is 0.102. The molecule has 1 heterocycles. The van der Waals surface area contributed by atoms with Gasteiger partial charge in [0, 0.05) is 5.56 Å². The Morgan fingerprint density at radius 3 is 2.80 bits per heavy atom. The monoisotopic (exact) mass is 276 g/mol. The van der Waals surface area contributed by atoms with Gasteiger partial charge in [-0.05, 0) is 32.0 Å². The van der Waals surface area contributed by atoms with E-state index in [-0.39, 0.29) is 11.9 Å². The molecule has 1 amide bonds. The molecule has 2 aromatic rings. The first-order valence-corrected chi connectivity index (χ1v) is 6.15. The third-order valence-electron chi connectivity index (χ3n) is 2.55. The highest BCUT2D eigenvalue weighted by molar-refractivity contribution is 6.03. The average molecular weight is 276 g/mol. The smallest absolute Gasteiger partial charge is 0.258 e. The molecule has 0 radical (unpaired) electrons. The van der Waals surface area contributed by atoms with Gasteiger partial charge in [0.1, 0.15) is 5.82 Å². The highest BCUT2D eigenvalue weighted by Crippen LogP contribution is 2.28. The molecule has 20 heavy (non-hydrogen) atoms. The summed E-state index contributed by atoms with van der Waals surface area (Å²) in [6, 6.07) is 4.96. The number of carbonyl (C=O) groups excluding carboxylic acids is 1. The Morgan fingerprint density at radius 1 is 1.40 bits per heavy atom. The lowest BCUT2D eigenvalue weighted by Crippen LogP contribution is -2.13. The van der Waals surface area contributed by atoms with E-state index in [0.717, 1.165) is 0 Å². The number of rotatable bonds is 5. The number of H-pyrrole nitrogens is 1. The molecule has 2 rings (SSSR count). The van der Waals surface area contributed by atoms with E-state index in [1.54, 1.807) is 25.1 Å². The van der Waals surface area contributed by atoms with Gasteiger partial charge in [-0.15, -0.1) is 5.10 Å². The fraction of sp³-hybridized carbons (Fsp3) is 0.308. The van der Waals surface area contributed by atoms with Crippen LogP contribution in [-0.2, 0) is 0 Å². The minimum absolute atomic E-state index is 0.236. The average Bonchev–Trinajstić information content (AvgIpc) is 2.84. The highest BCUT2D eigenvalue weighted by atomic mass is 16.5. The second-order valence-corrected chi connectivity index (χ2v) is 4.00. The number of ether oxygens (including phenoxy) is 2. The van der Waals surface area contributed by atoms with Crippen LogP contribution in [0.2, 0.25) is 0 Å². The third kappa shape index (κ3) is 3.05. The molecule has 0 atom stereocenters. The number of nitrogens with one attached hydrogen (secondary N) is 2. The zero-order valence-electron chi connectivity index (χ0n) is 11.6. The normalized spacial score (nSPS) is 10.2. The predicted molar refractivity (Wildman–Crippen MR) is 73.2 cm³/mol. The van der Waals surface area contributed by atoms with Crippen LogP contribution in [0.25, 0.3) is 0 Å². The van der Waals surface area contributed by atoms with Crippen LogP contribution in [0.1, 0.15) is 23.1 Å². The van der Waals surface area contributed by atoms with Crippen molar-refractivity contribution in [2.24, 2.45) is 0 Å². The van der Waals surface area contributed by atoms with E-state index in [2.05, 4.69) is 20.5 Å². The molecule has 1 aromatic heterocycles. The zero-order chi connectivity index (χ0) is 14.5. The summed E-state index contributed by atoms with van der Waals surface area (Å²) in [5.74, 6) is 1.65. The minimum Gasteiger partial charge on any atom is -0.493 e. The summed E-state index contributed by atoms with van der Waals surface area (Å²) >= 11 is 0. The Bertz CT molecular complexity index is 609. The van der Waals surface area contributed by atoms with Gasteiger partial charge in [0.2, 0.25) is 5.95 Å². The van der Waals surface area contributed by atoms with E-state index in [1.807, 2.05) is 6.92 Å². The summed E-state index contributed by atoms with van der Waals surface area (Å²) < 4.78 is 10.6. The number of hydrogen-bond acceptors (Lipinski definition) is 5. The summed E-state index contributed by atoms with van der Waals surface area (Å²) in [7, 11) is 1.53.